The first-order chi connectivity index (χ1) is 7.68. The van der Waals surface area contributed by atoms with Gasteiger partial charge >= 0.3 is 6.09 Å². The third kappa shape index (κ3) is 2.36. The lowest BCUT2D eigenvalue weighted by Gasteiger charge is -2.32. The molecule has 1 aromatic carbocycles. The van der Waals surface area contributed by atoms with Gasteiger partial charge in [-0.15, -0.1) is 0 Å². The number of nitrogens with one attached hydrogen (secondary N) is 1. The number of hydrogen-bond donors (Lipinski definition) is 2. The van der Waals surface area contributed by atoms with Gasteiger partial charge < -0.3 is 15.3 Å². The van der Waals surface area contributed by atoms with E-state index in [-0.39, 0.29) is 6.04 Å². The van der Waals surface area contributed by atoms with Gasteiger partial charge in [-0.05, 0) is 11.6 Å². The van der Waals surface area contributed by atoms with E-state index in [0.29, 0.717) is 19.6 Å². The molecule has 0 spiro atoms. The lowest BCUT2D eigenvalue weighted by atomic mass is 10.1. The topological polar surface area (TPSA) is 52.6 Å². The summed E-state index contributed by atoms with van der Waals surface area (Å²) in [5.74, 6) is 0. The van der Waals surface area contributed by atoms with Crippen LogP contribution in [0.15, 0.2) is 28.7 Å². The summed E-state index contributed by atoms with van der Waals surface area (Å²) in [4.78, 5) is 12.3. The van der Waals surface area contributed by atoms with Crippen molar-refractivity contribution in [3.8, 4) is 0 Å². The molecule has 4 nitrogen and oxygen atoms in total. The summed E-state index contributed by atoms with van der Waals surface area (Å²) < 4.78 is 1.01. The maximum absolute atomic E-state index is 10.9. The van der Waals surface area contributed by atoms with E-state index in [1.807, 2.05) is 24.3 Å². The number of carboxylic acid groups (broad SMARTS) is 1. The van der Waals surface area contributed by atoms with E-state index in [0.717, 1.165) is 10.0 Å². The lowest BCUT2D eigenvalue weighted by Crippen LogP contribution is -2.47. The summed E-state index contributed by atoms with van der Waals surface area (Å²) in [5, 5.41) is 12.3. The zero-order valence-corrected chi connectivity index (χ0v) is 10.3. The summed E-state index contributed by atoms with van der Waals surface area (Å²) in [5.41, 5.74) is 1.11. The van der Waals surface area contributed by atoms with Crippen LogP contribution in [0.4, 0.5) is 4.79 Å². The summed E-state index contributed by atoms with van der Waals surface area (Å²) in [6.07, 6.45) is -0.849. The minimum atomic E-state index is -0.849. The number of amides is 1. The third-order valence-corrected chi connectivity index (χ3v) is 3.45. The van der Waals surface area contributed by atoms with Crippen molar-refractivity contribution in [3.05, 3.63) is 34.3 Å². The molecule has 2 N–H and O–H groups in total. The monoisotopic (exact) mass is 284 g/mol. The molecule has 1 saturated heterocycles. The minimum Gasteiger partial charge on any atom is -0.465 e. The fourth-order valence-corrected chi connectivity index (χ4v) is 2.45. The molecule has 1 aliphatic heterocycles. The number of nitrogens with zero attached hydrogens (tertiary/aromatic N) is 1. The second kappa shape index (κ2) is 4.84. The molecule has 1 fully saturated rings. The molecule has 5 heteroatoms. The minimum absolute atomic E-state index is 0.0698. The van der Waals surface area contributed by atoms with Crippen LogP contribution in [0, 0.1) is 0 Å². The van der Waals surface area contributed by atoms with Crippen LogP contribution in [-0.2, 0) is 0 Å². The molecule has 0 bridgehead atoms. The standard InChI is InChI=1S/C11H13BrN2O2/c12-9-4-2-1-3-8(9)10-7-14(11(15)16)6-5-13-10/h1-4,10,13H,5-7H2,(H,15,16). The van der Waals surface area contributed by atoms with E-state index in [1.165, 1.54) is 4.90 Å². The predicted octanol–water partition coefficient (Wildman–Crippen LogP) is 2.07. The van der Waals surface area contributed by atoms with E-state index in [1.54, 1.807) is 0 Å². The van der Waals surface area contributed by atoms with E-state index >= 15 is 0 Å². The van der Waals surface area contributed by atoms with Crippen LogP contribution in [0.3, 0.4) is 0 Å². The second-order valence-corrected chi connectivity index (χ2v) is 4.61. The van der Waals surface area contributed by atoms with Crippen LogP contribution in [0.2, 0.25) is 0 Å². The first kappa shape index (κ1) is 11.4. The van der Waals surface area contributed by atoms with Crippen molar-refractivity contribution in [3.63, 3.8) is 0 Å². The number of halogens is 1. The highest BCUT2D eigenvalue weighted by Gasteiger charge is 2.24. The van der Waals surface area contributed by atoms with Gasteiger partial charge in [0.05, 0.1) is 6.04 Å². The highest BCUT2D eigenvalue weighted by Crippen LogP contribution is 2.25. The Hall–Kier alpha value is -1.07. The van der Waals surface area contributed by atoms with Crippen molar-refractivity contribution >= 4 is 22.0 Å². The van der Waals surface area contributed by atoms with E-state index < -0.39 is 6.09 Å². The van der Waals surface area contributed by atoms with Crippen molar-refractivity contribution in [2.24, 2.45) is 0 Å². The maximum Gasteiger partial charge on any atom is 0.407 e. The number of carbonyl (C=O) groups is 1. The van der Waals surface area contributed by atoms with E-state index in [2.05, 4.69) is 21.2 Å². The van der Waals surface area contributed by atoms with Crippen LogP contribution in [-0.4, -0.2) is 35.7 Å². The maximum atomic E-state index is 10.9. The Morgan fingerprint density at radius 1 is 1.50 bits per heavy atom. The van der Waals surface area contributed by atoms with Gasteiger partial charge in [-0.1, -0.05) is 34.1 Å². The van der Waals surface area contributed by atoms with Gasteiger partial charge in [0.15, 0.2) is 0 Å². The molecule has 1 aliphatic rings. The van der Waals surface area contributed by atoms with Crippen molar-refractivity contribution in [1.82, 2.24) is 10.2 Å². The first-order valence-electron chi connectivity index (χ1n) is 5.14. The molecule has 0 radical (unpaired) electrons. The molecule has 1 aromatic rings. The van der Waals surface area contributed by atoms with Crippen LogP contribution >= 0.6 is 15.9 Å². The van der Waals surface area contributed by atoms with Gasteiger partial charge in [0, 0.05) is 24.1 Å². The Labute approximate surface area is 102 Å². The Morgan fingerprint density at radius 3 is 2.94 bits per heavy atom. The quantitative estimate of drug-likeness (QED) is 0.830. The third-order valence-electron chi connectivity index (χ3n) is 2.73. The van der Waals surface area contributed by atoms with Gasteiger partial charge in [0.25, 0.3) is 0 Å². The number of benzene rings is 1. The molecular formula is C11H13BrN2O2. The van der Waals surface area contributed by atoms with Gasteiger partial charge in [0.2, 0.25) is 0 Å². The van der Waals surface area contributed by atoms with Crippen LogP contribution in [0.1, 0.15) is 11.6 Å². The smallest absolute Gasteiger partial charge is 0.407 e. The summed E-state index contributed by atoms with van der Waals surface area (Å²) in [7, 11) is 0. The first-order valence-corrected chi connectivity index (χ1v) is 5.93. The molecule has 1 heterocycles. The van der Waals surface area contributed by atoms with E-state index in [4.69, 9.17) is 5.11 Å². The van der Waals surface area contributed by atoms with Crippen LogP contribution in [0.25, 0.3) is 0 Å². The normalized spacial score (nSPS) is 20.8. The highest BCUT2D eigenvalue weighted by atomic mass is 79.9. The molecule has 1 amide bonds. The summed E-state index contributed by atoms with van der Waals surface area (Å²) in [6, 6.07) is 7.96. The molecule has 16 heavy (non-hydrogen) atoms. The molecular weight excluding hydrogens is 272 g/mol. The van der Waals surface area contributed by atoms with Gasteiger partial charge in [-0.25, -0.2) is 4.79 Å². The molecule has 1 atom stereocenters. The van der Waals surface area contributed by atoms with Crippen LogP contribution < -0.4 is 5.32 Å². The van der Waals surface area contributed by atoms with Crippen molar-refractivity contribution in [2.45, 2.75) is 6.04 Å². The molecule has 0 saturated carbocycles. The number of piperazine rings is 1. The van der Waals surface area contributed by atoms with Gasteiger partial charge in [-0.2, -0.15) is 0 Å². The van der Waals surface area contributed by atoms with Gasteiger partial charge in [0.1, 0.15) is 0 Å². The fourth-order valence-electron chi connectivity index (χ4n) is 1.89. The summed E-state index contributed by atoms with van der Waals surface area (Å²) >= 11 is 3.48. The molecule has 0 aromatic heterocycles. The zero-order valence-electron chi connectivity index (χ0n) is 8.69. The SMILES string of the molecule is O=C(O)N1CCNC(c2ccccc2Br)C1. The van der Waals surface area contributed by atoms with Crippen LogP contribution in [0.5, 0.6) is 0 Å². The number of rotatable bonds is 1. The Balaban J connectivity index is 2.16. The largest absolute Gasteiger partial charge is 0.465 e. The molecule has 2 rings (SSSR count). The zero-order chi connectivity index (χ0) is 11.5. The number of hydrogen-bond acceptors (Lipinski definition) is 2. The molecule has 1 unspecified atom stereocenters. The average molecular weight is 285 g/mol. The second-order valence-electron chi connectivity index (χ2n) is 3.76. The highest BCUT2D eigenvalue weighted by molar-refractivity contribution is 9.10. The van der Waals surface area contributed by atoms with E-state index in [9.17, 15) is 4.79 Å². The fraction of sp³-hybridized carbons (Fsp3) is 0.364. The Morgan fingerprint density at radius 2 is 2.25 bits per heavy atom. The average Bonchev–Trinajstić information content (AvgIpc) is 2.30. The van der Waals surface area contributed by atoms with Crippen molar-refractivity contribution < 1.29 is 9.90 Å². The van der Waals surface area contributed by atoms with Crippen molar-refractivity contribution in [2.75, 3.05) is 19.6 Å². The van der Waals surface area contributed by atoms with Gasteiger partial charge in [-0.3, -0.25) is 0 Å². The molecule has 86 valence electrons. The van der Waals surface area contributed by atoms with Crippen molar-refractivity contribution in [1.29, 1.82) is 0 Å². The lowest BCUT2D eigenvalue weighted by molar-refractivity contribution is 0.129. The Bertz CT molecular complexity index is 397. The summed E-state index contributed by atoms with van der Waals surface area (Å²) in [6.45, 7) is 1.74. The Kier molecular flexibility index (Phi) is 3.46. The predicted molar refractivity (Wildman–Crippen MR) is 64.5 cm³/mol. The molecule has 0 aliphatic carbocycles.